The lowest BCUT2D eigenvalue weighted by atomic mass is 9.82. The van der Waals surface area contributed by atoms with Crippen molar-refractivity contribution in [3.05, 3.63) is 158 Å². The number of carbonyl (C=O) groups is 1. The zero-order valence-electron chi connectivity index (χ0n) is 32.0. The van der Waals surface area contributed by atoms with Crippen molar-refractivity contribution < 1.29 is 4.79 Å². The molecule has 0 N–H and O–H groups in total. The van der Waals surface area contributed by atoms with Crippen molar-refractivity contribution in [1.29, 1.82) is 0 Å². The number of carbonyl (C=O) groups excluding carboxylic acids is 1. The van der Waals surface area contributed by atoms with Crippen molar-refractivity contribution in [3.63, 3.8) is 0 Å². The van der Waals surface area contributed by atoms with Crippen LogP contribution in [0.25, 0.3) is 21.7 Å². The van der Waals surface area contributed by atoms with Crippen molar-refractivity contribution in [2.24, 2.45) is 0 Å². The molecule has 0 spiro atoms. The first-order chi connectivity index (χ1) is 26.4. The molecule has 1 aromatic heterocycles. The third-order valence-corrected chi connectivity index (χ3v) is 13.9. The third kappa shape index (κ3) is 6.72. The summed E-state index contributed by atoms with van der Waals surface area (Å²) < 4.78 is 1.45. The monoisotopic (exact) mass is 729 g/mol. The predicted octanol–water partition coefficient (Wildman–Crippen LogP) is 10.6. The smallest absolute Gasteiger partial charge is 0.166 e. The molecule has 4 aromatic carbocycles. The van der Waals surface area contributed by atoms with Gasteiger partial charge < -0.3 is 4.90 Å². The molecule has 2 unspecified atom stereocenters. The fourth-order valence-electron chi connectivity index (χ4n) is 9.66. The van der Waals surface area contributed by atoms with Gasteiger partial charge in [0.25, 0.3) is 0 Å². The highest BCUT2D eigenvalue weighted by molar-refractivity contribution is 7.19. The van der Waals surface area contributed by atoms with Gasteiger partial charge in [0.1, 0.15) is 0 Å². The second kappa shape index (κ2) is 14.9. The molecule has 3 aliphatic heterocycles. The van der Waals surface area contributed by atoms with E-state index >= 15 is 0 Å². The number of fused-ring (bicyclic) bond motifs is 7. The minimum atomic E-state index is -0.0191. The van der Waals surface area contributed by atoms with Gasteiger partial charge in [-0.1, -0.05) is 104 Å². The lowest BCUT2D eigenvalue weighted by Crippen LogP contribution is -2.32. The van der Waals surface area contributed by atoms with Gasteiger partial charge in [-0.3, -0.25) is 14.6 Å². The van der Waals surface area contributed by atoms with Crippen LogP contribution in [0.4, 0.5) is 5.69 Å². The van der Waals surface area contributed by atoms with Gasteiger partial charge in [-0.25, -0.2) is 0 Å². The normalized spacial score (nSPS) is 20.6. The molecule has 2 atom stereocenters. The Balaban J connectivity index is 0.000000143. The molecule has 5 aliphatic rings. The highest BCUT2D eigenvalue weighted by atomic mass is 32.1. The van der Waals surface area contributed by atoms with Crippen LogP contribution in [0.3, 0.4) is 0 Å². The van der Waals surface area contributed by atoms with Gasteiger partial charge in [0.2, 0.25) is 0 Å². The fourth-order valence-corrected chi connectivity index (χ4v) is 10.9. The van der Waals surface area contributed by atoms with Gasteiger partial charge in [-0.2, -0.15) is 0 Å². The first-order valence-corrected chi connectivity index (χ1v) is 20.8. The van der Waals surface area contributed by atoms with E-state index in [0.29, 0.717) is 11.7 Å². The highest BCUT2D eigenvalue weighted by Crippen LogP contribution is 2.45. The second-order valence-corrected chi connectivity index (χ2v) is 17.1. The quantitative estimate of drug-likeness (QED) is 0.174. The molecule has 274 valence electrons. The summed E-state index contributed by atoms with van der Waals surface area (Å²) in [6.07, 6.45) is 9.93. The molecular weight excluding hydrogens is 679 g/mol. The molecular formula is C49H51N3OS. The van der Waals surface area contributed by atoms with Crippen LogP contribution in [-0.2, 0) is 24.2 Å². The maximum atomic E-state index is 12.9. The van der Waals surface area contributed by atoms with Gasteiger partial charge in [-0.15, -0.1) is 11.3 Å². The van der Waals surface area contributed by atoms with Crippen molar-refractivity contribution >= 4 is 44.5 Å². The second-order valence-electron chi connectivity index (χ2n) is 16.0. The zero-order chi connectivity index (χ0) is 36.8. The van der Waals surface area contributed by atoms with Crippen LogP contribution in [0.15, 0.2) is 120 Å². The van der Waals surface area contributed by atoms with E-state index in [1.165, 1.54) is 62.1 Å². The SMILES string of the molecule is CC1C(=O)C(CCN2CCC3=C(C2)c2ccccc2C3C)=Cc2ccccc21.CN1C=C(CCN2CCc3sc4ccccc4c3C2)Cc2ccccc21. The van der Waals surface area contributed by atoms with Crippen LogP contribution in [0, 0.1) is 0 Å². The molecule has 0 fully saturated rings. The summed E-state index contributed by atoms with van der Waals surface area (Å²) in [7, 11) is 2.17. The molecule has 2 aliphatic carbocycles. The Morgan fingerprint density at radius 1 is 0.741 bits per heavy atom. The van der Waals surface area contributed by atoms with Crippen molar-refractivity contribution in [2.75, 3.05) is 44.7 Å². The van der Waals surface area contributed by atoms with Gasteiger partial charge in [0.05, 0.1) is 0 Å². The van der Waals surface area contributed by atoms with Gasteiger partial charge >= 0.3 is 0 Å². The van der Waals surface area contributed by atoms with Crippen molar-refractivity contribution in [1.82, 2.24) is 9.80 Å². The summed E-state index contributed by atoms with van der Waals surface area (Å²) in [5, 5.41) is 1.47. The van der Waals surface area contributed by atoms with Crippen LogP contribution < -0.4 is 4.90 Å². The Morgan fingerprint density at radius 3 is 2.37 bits per heavy atom. The number of hydrogen-bond acceptors (Lipinski definition) is 5. The van der Waals surface area contributed by atoms with Gasteiger partial charge in [0.15, 0.2) is 5.78 Å². The third-order valence-electron chi connectivity index (χ3n) is 12.7. The molecule has 4 heterocycles. The van der Waals surface area contributed by atoms with E-state index < -0.39 is 0 Å². The van der Waals surface area contributed by atoms with Crippen LogP contribution in [0.2, 0.25) is 0 Å². The Hall–Kier alpha value is -4.55. The Bertz CT molecular complexity index is 2330. The Labute approximate surface area is 325 Å². The van der Waals surface area contributed by atoms with Gasteiger partial charge in [0, 0.05) is 79.6 Å². The van der Waals surface area contributed by atoms with E-state index in [-0.39, 0.29) is 5.92 Å². The molecule has 0 bridgehead atoms. The summed E-state index contributed by atoms with van der Waals surface area (Å²) >= 11 is 2.00. The standard InChI is InChI=1S/C26H27NO.C23H24N2S/c1-17-22-9-5-6-10-24(22)25-16-27(14-12-23(17)25)13-11-20-15-19-7-3-4-8-21(19)18(2)26(20)28;1-24-15-17(14-18-6-2-4-8-21(18)24)10-12-25-13-11-23-20(16-25)19-7-3-5-9-22(19)26-23/h3-10,15,17-18H,11-14,16H2,1-2H3;2-9,15H,10-14,16H2,1H3. The highest BCUT2D eigenvalue weighted by Gasteiger charge is 2.32. The van der Waals surface area contributed by atoms with Crippen LogP contribution in [-0.4, -0.2) is 55.4 Å². The van der Waals surface area contributed by atoms with E-state index in [2.05, 4.69) is 132 Å². The molecule has 0 radical (unpaired) electrons. The average molecular weight is 730 g/mol. The lowest BCUT2D eigenvalue weighted by molar-refractivity contribution is -0.116. The van der Waals surface area contributed by atoms with Crippen LogP contribution in [0.5, 0.6) is 0 Å². The molecule has 0 saturated heterocycles. The topological polar surface area (TPSA) is 26.8 Å². The maximum Gasteiger partial charge on any atom is 0.166 e. The summed E-state index contributed by atoms with van der Waals surface area (Å²) in [5.74, 6) is 0.846. The minimum absolute atomic E-state index is 0.0191. The summed E-state index contributed by atoms with van der Waals surface area (Å²) in [6.45, 7) is 10.9. The molecule has 54 heavy (non-hydrogen) atoms. The summed E-state index contributed by atoms with van der Waals surface area (Å²) in [6, 6.07) is 34.9. The zero-order valence-corrected chi connectivity index (χ0v) is 32.8. The van der Waals surface area contributed by atoms with E-state index in [1.54, 1.807) is 21.6 Å². The predicted molar refractivity (Wildman–Crippen MR) is 227 cm³/mol. The first kappa shape index (κ1) is 35.2. The van der Waals surface area contributed by atoms with E-state index in [0.717, 1.165) is 64.0 Å². The molecule has 10 rings (SSSR count). The number of thiophene rings is 1. The minimum Gasteiger partial charge on any atom is -0.351 e. The molecule has 5 heteroatoms. The Kier molecular flexibility index (Phi) is 9.73. The van der Waals surface area contributed by atoms with E-state index in [1.807, 2.05) is 24.3 Å². The Morgan fingerprint density at radius 2 is 1.46 bits per heavy atom. The number of anilines is 1. The number of para-hydroxylation sites is 1. The van der Waals surface area contributed by atoms with Gasteiger partial charge in [-0.05, 0) is 106 Å². The van der Waals surface area contributed by atoms with Crippen molar-refractivity contribution in [3.8, 4) is 0 Å². The number of rotatable bonds is 6. The first-order valence-electron chi connectivity index (χ1n) is 20.0. The molecule has 5 aromatic rings. The lowest BCUT2D eigenvalue weighted by Gasteiger charge is -2.30. The van der Waals surface area contributed by atoms with E-state index in [4.69, 9.17) is 0 Å². The number of benzene rings is 4. The van der Waals surface area contributed by atoms with Crippen molar-refractivity contribution in [2.45, 2.75) is 64.3 Å². The molecule has 0 amide bonds. The average Bonchev–Trinajstić information content (AvgIpc) is 3.72. The number of nitrogens with zero attached hydrogens (tertiary/aromatic N) is 3. The number of hydrogen-bond donors (Lipinski definition) is 0. The summed E-state index contributed by atoms with van der Waals surface area (Å²) in [5.41, 5.74) is 15.4. The number of ketones is 1. The largest absolute Gasteiger partial charge is 0.351 e. The van der Waals surface area contributed by atoms with E-state index in [9.17, 15) is 4.79 Å². The molecule has 0 saturated carbocycles. The maximum absolute atomic E-state index is 12.9. The summed E-state index contributed by atoms with van der Waals surface area (Å²) in [4.78, 5) is 21.9. The molecule has 4 nitrogen and oxygen atoms in total. The van der Waals surface area contributed by atoms with Crippen LogP contribution >= 0.6 is 11.3 Å². The number of Topliss-reactive ketones (excluding diaryl/α,β-unsaturated/α-hetero) is 1. The van der Waals surface area contributed by atoms with Crippen LogP contribution in [0.1, 0.15) is 83.2 Å². The fraction of sp³-hybridized carbons (Fsp3) is 0.327.